The van der Waals surface area contributed by atoms with E-state index in [-0.39, 0.29) is 27.5 Å². The Morgan fingerprint density at radius 1 is 1.12 bits per heavy atom. The molecule has 1 N–H and O–H groups in total. The number of hydrazone groups is 1. The minimum Gasteiger partial charge on any atom is -0.488 e. The molecule has 1 aromatic rings. The number of hydrogen-bond acceptors (Lipinski definition) is 3. The van der Waals surface area contributed by atoms with Crippen molar-refractivity contribution in [3.8, 4) is 5.75 Å². The number of hydrogen-bond donors (Lipinski definition) is 1. The Labute approximate surface area is 154 Å². The maximum atomic E-state index is 13.0. The van der Waals surface area contributed by atoms with Crippen LogP contribution >= 0.6 is 23.2 Å². The summed E-state index contributed by atoms with van der Waals surface area (Å²) in [5.41, 5.74) is 0.466. The number of benzene rings is 1. The average molecular weight is 429 g/mol. The van der Waals surface area contributed by atoms with E-state index in [1.807, 2.05) is 6.92 Å². The highest BCUT2D eigenvalue weighted by Crippen LogP contribution is 2.45. The fourth-order valence-corrected chi connectivity index (χ4v) is 2.08. The summed E-state index contributed by atoms with van der Waals surface area (Å²) in [5, 5.41) is 2.68. The number of alkyl halides is 7. The summed E-state index contributed by atoms with van der Waals surface area (Å²) in [6.45, 7) is 3.59. The Hall–Kier alpha value is -1.42. The van der Waals surface area contributed by atoms with Crippen molar-refractivity contribution in [2.24, 2.45) is 5.10 Å². The Kier molecular flexibility index (Phi) is 7.03. The van der Waals surface area contributed by atoms with E-state index in [0.29, 0.717) is 18.1 Å². The van der Waals surface area contributed by atoms with E-state index in [0.717, 1.165) is 12.1 Å². The highest BCUT2D eigenvalue weighted by molar-refractivity contribution is 6.37. The van der Waals surface area contributed by atoms with Crippen LogP contribution in [0.4, 0.5) is 30.7 Å². The highest BCUT2D eigenvalue weighted by atomic mass is 35.5. The summed E-state index contributed by atoms with van der Waals surface area (Å²) in [7, 11) is 0. The summed E-state index contributed by atoms with van der Waals surface area (Å²) in [6, 6.07) is -3.33. The summed E-state index contributed by atoms with van der Waals surface area (Å²) >= 11 is 11.9. The van der Waals surface area contributed by atoms with Crippen molar-refractivity contribution in [3.63, 3.8) is 0 Å². The lowest BCUT2D eigenvalue weighted by Gasteiger charge is -2.27. The minimum atomic E-state index is -6.46. The number of nitrogens with one attached hydrogen (secondary N) is 1. The summed E-state index contributed by atoms with van der Waals surface area (Å²) < 4.78 is 92.9. The molecule has 1 atom stereocenters. The lowest BCUT2D eigenvalue weighted by molar-refractivity contribution is -0.361. The van der Waals surface area contributed by atoms with Crippen LogP contribution in [0.2, 0.25) is 10.0 Å². The topological polar surface area (TPSA) is 33.6 Å². The van der Waals surface area contributed by atoms with E-state index in [1.165, 1.54) is 0 Å². The molecule has 0 saturated carbocycles. The standard InChI is InChI=1S/C14H13Cl2F7N2O/c1-3-7(2)26-11-9(15)4-8(5-10(11)16)6-24-25-14(22,23)12(17,18)13(19,20)21/h4-7,25H,3H2,1-2H3/b24-6+/t7-/m0/s1. The van der Waals surface area contributed by atoms with Gasteiger partial charge < -0.3 is 4.74 Å². The normalized spacial score (nSPS) is 14.6. The van der Waals surface area contributed by atoms with Gasteiger partial charge in [-0.15, -0.1) is 0 Å². The molecule has 0 saturated heterocycles. The van der Waals surface area contributed by atoms with Gasteiger partial charge in [-0.3, -0.25) is 0 Å². The maximum Gasteiger partial charge on any atom is 0.462 e. The van der Waals surface area contributed by atoms with Crippen LogP contribution in [0, 0.1) is 0 Å². The van der Waals surface area contributed by atoms with Crippen LogP contribution < -0.4 is 10.2 Å². The number of rotatable bonds is 7. The van der Waals surface area contributed by atoms with Crippen molar-refractivity contribution in [1.29, 1.82) is 0 Å². The minimum absolute atomic E-state index is 0.0216. The molecule has 26 heavy (non-hydrogen) atoms. The summed E-state index contributed by atoms with van der Waals surface area (Å²) in [4.78, 5) is 0. The molecule has 0 heterocycles. The molecule has 0 radical (unpaired) electrons. The largest absolute Gasteiger partial charge is 0.488 e. The van der Waals surface area contributed by atoms with Gasteiger partial charge in [0.15, 0.2) is 5.75 Å². The van der Waals surface area contributed by atoms with Crippen LogP contribution in [0.5, 0.6) is 5.75 Å². The smallest absolute Gasteiger partial charge is 0.462 e. The molecule has 0 aliphatic rings. The zero-order chi connectivity index (χ0) is 20.3. The van der Waals surface area contributed by atoms with Gasteiger partial charge in [0.25, 0.3) is 0 Å². The van der Waals surface area contributed by atoms with E-state index in [4.69, 9.17) is 27.9 Å². The van der Waals surface area contributed by atoms with Crippen molar-refractivity contribution in [2.75, 3.05) is 0 Å². The van der Waals surface area contributed by atoms with Crippen molar-refractivity contribution in [2.45, 2.75) is 44.5 Å². The predicted octanol–water partition coefficient (Wildman–Crippen LogP) is 5.88. The molecule has 0 fully saturated rings. The number of ether oxygens (including phenoxy) is 1. The first kappa shape index (κ1) is 22.6. The van der Waals surface area contributed by atoms with Crippen LogP contribution in [0.25, 0.3) is 0 Å². The van der Waals surface area contributed by atoms with Gasteiger partial charge in [-0.1, -0.05) is 30.1 Å². The Balaban J connectivity index is 2.96. The first-order valence-electron chi connectivity index (χ1n) is 7.01. The van der Waals surface area contributed by atoms with Crippen LogP contribution in [0.3, 0.4) is 0 Å². The number of halogens is 9. The van der Waals surface area contributed by atoms with E-state index >= 15 is 0 Å². The molecule has 0 unspecified atom stereocenters. The fourth-order valence-electron chi connectivity index (χ4n) is 1.49. The zero-order valence-electron chi connectivity index (χ0n) is 13.3. The summed E-state index contributed by atoms with van der Waals surface area (Å²) in [5.74, 6) is -6.21. The molecule has 1 rings (SSSR count). The maximum absolute atomic E-state index is 13.0. The molecular weight excluding hydrogens is 416 g/mol. The first-order chi connectivity index (χ1) is 11.7. The van der Waals surface area contributed by atoms with Crippen LogP contribution in [-0.4, -0.2) is 30.5 Å². The van der Waals surface area contributed by atoms with Gasteiger partial charge in [0.05, 0.1) is 22.4 Å². The van der Waals surface area contributed by atoms with Crippen molar-refractivity contribution in [1.82, 2.24) is 5.43 Å². The lowest BCUT2D eigenvalue weighted by atomic mass is 10.2. The van der Waals surface area contributed by atoms with Gasteiger partial charge >= 0.3 is 18.1 Å². The molecule has 1 aromatic carbocycles. The van der Waals surface area contributed by atoms with Crippen LogP contribution in [0.15, 0.2) is 17.2 Å². The quantitative estimate of drug-likeness (QED) is 0.254. The van der Waals surface area contributed by atoms with Crippen LogP contribution in [0.1, 0.15) is 25.8 Å². The first-order valence-corrected chi connectivity index (χ1v) is 7.76. The zero-order valence-corrected chi connectivity index (χ0v) is 14.8. The third-order valence-corrected chi connectivity index (χ3v) is 3.65. The van der Waals surface area contributed by atoms with Gasteiger partial charge in [0.2, 0.25) is 0 Å². The molecule has 3 nitrogen and oxygen atoms in total. The Morgan fingerprint density at radius 2 is 1.62 bits per heavy atom. The van der Waals surface area contributed by atoms with Crippen molar-refractivity contribution >= 4 is 29.4 Å². The molecule has 0 aliphatic heterocycles. The molecule has 148 valence electrons. The molecule has 0 spiro atoms. The molecular formula is C14H13Cl2F7N2O. The lowest BCUT2D eigenvalue weighted by Crippen LogP contribution is -2.58. The average Bonchev–Trinajstić information content (AvgIpc) is 2.49. The second kappa shape index (κ2) is 8.08. The molecule has 0 bridgehead atoms. The SMILES string of the molecule is CC[C@H](C)Oc1c(Cl)cc(/C=N/NC(F)(F)C(F)(F)C(F)(F)F)cc1Cl. The van der Waals surface area contributed by atoms with Gasteiger partial charge in [-0.25, -0.2) is 5.43 Å². The highest BCUT2D eigenvalue weighted by Gasteiger charge is 2.73. The molecule has 0 aliphatic carbocycles. The van der Waals surface area contributed by atoms with E-state index in [2.05, 4.69) is 5.10 Å². The van der Waals surface area contributed by atoms with E-state index < -0.39 is 18.1 Å². The van der Waals surface area contributed by atoms with Crippen LogP contribution in [-0.2, 0) is 0 Å². The van der Waals surface area contributed by atoms with Gasteiger partial charge in [0.1, 0.15) is 0 Å². The van der Waals surface area contributed by atoms with Crippen molar-refractivity contribution in [3.05, 3.63) is 27.7 Å². The van der Waals surface area contributed by atoms with Gasteiger partial charge in [0, 0.05) is 0 Å². The van der Waals surface area contributed by atoms with Gasteiger partial charge in [-0.2, -0.15) is 35.8 Å². The fraction of sp³-hybridized carbons (Fsp3) is 0.500. The monoisotopic (exact) mass is 428 g/mol. The second-order valence-electron chi connectivity index (χ2n) is 5.17. The second-order valence-corrected chi connectivity index (χ2v) is 5.98. The number of nitrogens with zero attached hydrogens (tertiary/aromatic N) is 1. The van der Waals surface area contributed by atoms with Gasteiger partial charge in [-0.05, 0) is 31.0 Å². The summed E-state index contributed by atoms with van der Waals surface area (Å²) in [6.07, 6.45) is -5.48. The molecule has 0 aromatic heterocycles. The molecule has 12 heteroatoms. The van der Waals surface area contributed by atoms with E-state index in [1.54, 1.807) is 6.92 Å². The third kappa shape index (κ3) is 5.06. The van der Waals surface area contributed by atoms with E-state index in [9.17, 15) is 30.7 Å². The van der Waals surface area contributed by atoms with Crippen molar-refractivity contribution < 1.29 is 35.5 Å². The third-order valence-electron chi connectivity index (χ3n) is 3.08. The predicted molar refractivity (Wildman–Crippen MR) is 83.5 cm³/mol. The molecule has 0 amide bonds. The Morgan fingerprint density at radius 3 is 2.04 bits per heavy atom. The Bertz CT molecular complexity index is 642.